The Kier molecular flexibility index (Phi) is 11.5. The lowest BCUT2D eigenvalue weighted by Crippen LogP contribution is -2.56. The fraction of sp³-hybridized carbons (Fsp3) is 0.600. The molecular weight excluding hydrogens is 437 g/mol. The highest BCUT2D eigenvalue weighted by atomic mass is 35.6. The van der Waals surface area contributed by atoms with Crippen molar-refractivity contribution < 1.29 is 4.79 Å². The number of halogens is 3. The summed E-state index contributed by atoms with van der Waals surface area (Å²) in [6.45, 7) is 6.29. The molecule has 1 atom stereocenters. The number of para-hydroxylation sites is 1. The monoisotopic (exact) mass is 465 g/mol. The topological polar surface area (TPSA) is 53.2 Å². The van der Waals surface area contributed by atoms with Crippen LogP contribution in [0.1, 0.15) is 64.0 Å². The molecule has 0 bridgehead atoms. The Labute approximate surface area is 189 Å². The number of hydrogen-bond acceptors (Lipinski definition) is 2. The number of carbonyl (C=O) groups excluding carboxylic acids is 1. The maximum atomic E-state index is 12.2. The van der Waals surface area contributed by atoms with Gasteiger partial charge in [-0.05, 0) is 42.6 Å². The van der Waals surface area contributed by atoms with E-state index in [9.17, 15) is 4.79 Å². The lowest BCUT2D eigenvalue weighted by Gasteiger charge is -2.28. The van der Waals surface area contributed by atoms with Crippen molar-refractivity contribution in [2.45, 2.75) is 75.7 Å². The van der Waals surface area contributed by atoms with Gasteiger partial charge in [0.25, 0.3) is 0 Å². The van der Waals surface area contributed by atoms with Crippen LogP contribution in [-0.2, 0) is 17.6 Å². The van der Waals surface area contributed by atoms with Crippen LogP contribution in [0.15, 0.2) is 18.2 Å². The van der Waals surface area contributed by atoms with Crippen LogP contribution in [0.4, 0.5) is 5.69 Å². The SMILES string of the molecule is CCCCCCC(=O)NC(NC(=S)Nc1c(CC)cccc1CC)C(Cl)(Cl)Cl. The van der Waals surface area contributed by atoms with Crippen LogP contribution in [0.3, 0.4) is 0 Å². The number of hydrogen-bond donors (Lipinski definition) is 3. The molecule has 1 amide bonds. The summed E-state index contributed by atoms with van der Waals surface area (Å²) in [5.41, 5.74) is 3.25. The van der Waals surface area contributed by atoms with Gasteiger partial charge in [0.2, 0.25) is 9.70 Å². The van der Waals surface area contributed by atoms with Gasteiger partial charge in [-0.2, -0.15) is 0 Å². The first-order valence-electron chi connectivity index (χ1n) is 9.77. The average Bonchev–Trinajstić information content (AvgIpc) is 2.64. The molecule has 4 nitrogen and oxygen atoms in total. The Morgan fingerprint density at radius 1 is 1.04 bits per heavy atom. The second-order valence-electron chi connectivity index (χ2n) is 6.61. The van der Waals surface area contributed by atoms with Crippen molar-refractivity contribution in [3.05, 3.63) is 29.3 Å². The highest BCUT2D eigenvalue weighted by Gasteiger charge is 2.34. The lowest BCUT2D eigenvalue weighted by molar-refractivity contribution is -0.122. The molecule has 3 N–H and O–H groups in total. The fourth-order valence-corrected chi connectivity index (χ4v) is 3.38. The largest absolute Gasteiger partial charge is 0.339 e. The summed E-state index contributed by atoms with van der Waals surface area (Å²) in [4.78, 5) is 12.2. The second-order valence-corrected chi connectivity index (χ2v) is 9.39. The van der Waals surface area contributed by atoms with Crippen molar-refractivity contribution in [2.24, 2.45) is 0 Å². The number of carbonyl (C=O) groups is 1. The number of amides is 1. The molecule has 1 rings (SSSR count). The van der Waals surface area contributed by atoms with Crippen LogP contribution in [0, 0.1) is 0 Å². The third-order valence-corrected chi connectivity index (χ3v) is 5.28. The van der Waals surface area contributed by atoms with Crippen LogP contribution < -0.4 is 16.0 Å². The molecule has 1 aromatic rings. The number of anilines is 1. The van der Waals surface area contributed by atoms with E-state index < -0.39 is 9.96 Å². The van der Waals surface area contributed by atoms with Crippen LogP contribution in [0.2, 0.25) is 0 Å². The van der Waals surface area contributed by atoms with Crippen molar-refractivity contribution in [1.82, 2.24) is 10.6 Å². The fourth-order valence-electron chi connectivity index (χ4n) is 2.83. The molecule has 0 fully saturated rings. The second kappa shape index (κ2) is 12.7. The molecule has 0 heterocycles. The molecule has 0 aliphatic rings. The first-order valence-corrected chi connectivity index (χ1v) is 11.3. The molecule has 0 aliphatic heterocycles. The van der Waals surface area contributed by atoms with Gasteiger partial charge in [0.1, 0.15) is 6.17 Å². The van der Waals surface area contributed by atoms with E-state index in [1.807, 2.05) is 6.07 Å². The van der Waals surface area contributed by atoms with E-state index in [2.05, 4.69) is 48.9 Å². The number of rotatable bonds is 10. The van der Waals surface area contributed by atoms with E-state index in [-0.39, 0.29) is 5.91 Å². The zero-order valence-corrected chi connectivity index (χ0v) is 19.8. The summed E-state index contributed by atoms with van der Waals surface area (Å²) in [5.74, 6) is -0.175. The molecule has 1 aromatic carbocycles. The third kappa shape index (κ3) is 8.73. The quantitative estimate of drug-likeness (QED) is 0.174. The number of thiocarbonyl (C=S) groups is 1. The molecule has 0 aliphatic carbocycles. The van der Waals surface area contributed by atoms with E-state index in [1.54, 1.807) is 0 Å². The molecule has 0 radical (unpaired) electrons. The Balaban J connectivity index is 2.77. The summed E-state index contributed by atoms with van der Waals surface area (Å²) in [6, 6.07) is 6.13. The molecule has 8 heteroatoms. The molecule has 1 unspecified atom stereocenters. The molecule has 0 spiro atoms. The predicted molar refractivity (Wildman–Crippen MR) is 126 cm³/mol. The zero-order chi connectivity index (χ0) is 21.2. The molecule has 0 saturated heterocycles. The first kappa shape index (κ1) is 25.3. The van der Waals surface area contributed by atoms with Gasteiger partial charge in [0, 0.05) is 12.1 Å². The van der Waals surface area contributed by atoms with E-state index in [0.717, 1.165) is 55.3 Å². The Morgan fingerprint density at radius 3 is 2.14 bits per heavy atom. The highest BCUT2D eigenvalue weighted by molar-refractivity contribution is 7.80. The Bertz CT molecular complexity index is 628. The van der Waals surface area contributed by atoms with Crippen molar-refractivity contribution in [1.29, 1.82) is 0 Å². The molecule has 0 saturated carbocycles. The minimum atomic E-state index is -1.75. The van der Waals surface area contributed by atoms with E-state index in [0.29, 0.717) is 11.5 Å². The number of nitrogens with one attached hydrogen (secondary N) is 3. The van der Waals surface area contributed by atoms with Crippen molar-refractivity contribution in [2.75, 3.05) is 5.32 Å². The smallest absolute Gasteiger partial charge is 0.228 e. The summed E-state index contributed by atoms with van der Waals surface area (Å²) in [7, 11) is 0. The van der Waals surface area contributed by atoms with Gasteiger partial charge in [-0.15, -0.1) is 0 Å². The average molecular weight is 467 g/mol. The van der Waals surface area contributed by atoms with Crippen molar-refractivity contribution in [3.63, 3.8) is 0 Å². The van der Waals surface area contributed by atoms with Gasteiger partial charge in [-0.1, -0.05) is 93.0 Å². The van der Waals surface area contributed by atoms with Crippen LogP contribution in [0.25, 0.3) is 0 Å². The van der Waals surface area contributed by atoms with Gasteiger partial charge >= 0.3 is 0 Å². The van der Waals surface area contributed by atoms with Crippen LogP contribution in [-0.4, -0.2) is 21.0 Å². The third-order valence-electron chi connectivity index (χ3n) is 4.40. The normalized spacial score (nSPS) is 12.4. The van der Waals surface area contributed by atoms with E-state index >= 15 is 0 Å². The van der Waals surface area contributed by atoms with Gasteiger partial charge < -0.3 is 16.0 Å². The number of alkyl halides is 3. The Hall–Kier alpha value is -0.750. The van der Waals surface area contributed by atoms with Gasteiger partial charge in [0.15, 0.2) is 5.11 Å². The van der Waals surface area contributed by atoms with Crippen molar-refractivity contribution in [3.8, 4) is 0 Å². The number of aryl methyl sites for hydroxylation is 2. The van der Waals surface area contributed by atoms with E-state index in [1.165, 1.54) is 0 Å². The van der Waals surface area contributed by atoms with Crippen molar-refractivity contribution >= 4 is 63.7 Å². The minimum absolute atomic E-state index is 0.175. The molecule has 158 valence electrons. The van der Waals surface area contributed by atoms with Crippen LogP contribution in [0.5, 0.6) is 0 Å². The lowest BCUT2D eigenvalue weighted by atomic mass is 10.0. The molecule has 28 heavy (non-hydrogen) atoms. The van der Waals surface area contributed by atoms with Gasteiger partial charge in [-0.3, -0.25) is 4.79 Å². The maximum Gasteiger partial charge on any atom is 0.228 e. The van der Waals surface area contributed by atoms with Gasteiger partial charge in [0.05, 0.1) is 0 Å². The standard InChI is InChI=1S/C20H30Cl3N3OS/c1-4-7-8-9-13-16(27)24-18(20(21,22)23)26-19(28)25-17-14(5-2)11-10-12-15(17)6-3/h10-12,18H,4-9,13H2,1-3H3,(H,24,27)(H2,25,26,28). The first-order chi connectivity index (χ1) is 13.2. The summed E-state index contributed by atoms with van der Waals surface area (Å²) in [6.07, 6.45) is 5.19. The highest BCUT2D eigenvalue weighted by Crippen LogP contribution is 2.29. The minimum Gasteiger partial charge on any atom is -0.339 e. The Morgan fingerprint density at radius 2 is 1.64 bits per heavy atom. The molecular formula is C20H30Cl3N3OS. The summed E-state index contributed by atoms with van der Waals surface area (Å²) >= 11 is 23.6. The van der Waals surface area contributed by atoms with E-state index in [4.69, 9.17) is 47.0 Å². The number of unbranched alkanes of at least 4 members (excludes halogenated alkanes) is 3. The number of benzene rings is 1. The zero-order valence-electron chi connectivity index (χ0n) is 16.7. The van der Waals surface area contributed by atoms with Gasteiger partial charge in [-0.25, -0.2) is 0 Å². The molecule has 0 aromatic heterocycles. The summed E-state index contributed by atoms with van der Waals surface area (Å²) in [5, 5.41) is 9.17. The van der Waals surface area contributed by atoms with Crippen LogP contribution >= 0.6 is 47.0 Å². The summed E-state index contributed by atoms with van der Waals surface area (Å²) < 4.78 is -1.75. The predicted octanol–water partition coefficient (Wildman–Crippen LogP) is 5.88. The maximum absolute atomic E-state index is 12.2.